The van der Waals surface area contributed by atoms with Gasteiger partial charge >= 0.3 is 0 Å². The number of hydrogen-bond acceptors (Lipinski definition) is 3. The number of hydrogen-bond donors (Lipinski definition) is 0. The molecule has 0 saturated carbocycles. The van der Waals surface area contributed by atoms with Crippen LogP contribution in [0.2, 0.25) is 0 Å². The highest BCUT2D eigenvalue weighted by Crippen LogP contribution is 2.02. The summed E-state index contributed by atoms with van der Waals surface area (Å²) in [7, 11) is 3.68. The molecule has 0 aromatic carbocycles. The summed E-state index contributed by atoms with van der Waals surface area (Å²) in [6.07, 6.45) is 2.91. The van der Waals surface area contributed by atoms with Gasteiger partial charge in [0.15, 0.2) is 0 Å². The van der Waals surface area contributed by atoms with Gasteiger partial charge in [0.05, 0.1) is 12.4 Å². The summed E-state index contributed by atoms with van der Waals surface area (Å²) in [6, 6.07) is 0. The van der Waals surface area contributed by atoms with Crippen molar-refractivity contribution < 1.29 is 9.47 Å². The van der Waals surface area contributed by atoms with Crippen molar-refractivity contribution in [2.75, 3.05) is 20.9 Å². The third-order valence-electron chi connectivity index (χ3n) is 1.76. The average molecular weight is 202 g/mol. The molecule has 0 bridgehead atoms. The first kappa shape index (κ1) is 13.4. The first-order chi connectivity index (χ1) is 6.61. The van der Waals surface area contributed by atoms with Crippen LogP contribution in [0.15, 0.2) is 4.99 Å². The molecule has 0 aromatic heterocycles. The second kappa shape index (κ2) is 7.76. The number of aliphatic imine (C=N–C) groups is 1. The normalized spacial score (nSPS) is 13.9. The van der Waals surface area contributed by atoms with E-state index in [1.807, 2.05) is 25.8 Å². The van der Waals surface area contributed by atoms with E-state index in [1.54, 1.807) is 13.4 Å². The quantitative estimate of drug-likeness (QED) is 0.358. The maximum absolute atomic E-state index is 5.53. The summed E-state index contributed by atoms with van der Waals surface area (Å²) in [6.45, 7) is 6.38. The van der Waals surface area contributed by atoms with Crippen molar-refractivity contribution >= 4 is 6.34 Å². The smallest absolute Gasteiger partial charge is 0.149 e. The van der Waals surface area contributed by atoms with E-state index in [1.165, 1.54) is 0 Å². The molecule has 0 saturated heterocycles. The van der Waals surface area contributed by atoms with Gasteiger partial charge in [-0.3, -0.25) is 4.99 Å². The molecule has 0 N–H and O–H groups in total. The summed E-state index contributed by atoms with van der Waals surface area (Å²) in [5, 5.41) is 0. The third kappa shape index (κ3) is 5.94. The van der Waals surface area contributed by atoms with Crippen LogP contribution < -0.4 is 0 Å². The van der Waals surface area contributed by atoms with Gasteiger partial charge in [-0.1, -0.05) is 6.92 Å². The molecule has 14 heavy (non-hydrogen) atoms. The molecule has 0 radical (unpaired) electrons. The number of ether oxygens (including phenoxy) is 2. The third-order valence-corrected chi connectivity index (χ3v) is 1.76. The zero-order chi connectivity index (χ0) is 11.0. The Balaban J connectivity index is 3.78. The van der Waals surface area contributed by atoms with Crippen molar-refractivity contribution in [2.24, 2.45) is 4.99 Å². The zero-order valence-electron chi connectivity index (χ0n) is 9.86. The lowest BCUT2D eigenvalue weighted by Crippen LogP contribution is -2.33. The maximum Gasteiger partial charge on any atom is 0.149 e. The fourth-order valence-corrected chi connectivity index (χ4v) is 1.03. The number of nitrogens with zero attached hydrogens (tertiary/aromatic N) is 2. The molecular formula is C10H22N2O2. The van der Waals surface area contributed by atoms with Crippen molar-refractivity contribution in [3.05, 3.63) is 0 Å². The zero-order valence-corrected chi connectivity index (χ0v) is 9.86. The first-order valence-electron chi connectivity index (χ1n) is 4.99. The van der Waals surface area contributed by atoms with Crippen LogP contribution in [0.3, 0.4) is 0 Å². The fraction of sp³-hybridized carbons (Fsp3) is 0.900. The molecule has 4 nitrogen and oxygen atoms in total. The number of rotatable bonds is 7. The van der Waals surface area contributed by atoms with Gasteiger partial charge in [0.1, 0.15) is 13.0 Å². The molecular weight excluding hydrogens is 180 g/mol. The van der Waals surface area contributed by atoms with Crippen LogP contribution >= 0.6 is 0 Å². The first-order valence-corrected chi connectivity index (χ1v) is 4.99. The van der Waals surface area contributed by atoms with E-state index in [9.17, 15) is 0 Å². The van der Waals surface area contributed by atoms with Crippen LogP contribution in [0.4, 0.5) is 0 Å². The molecule has 0 aliphatic rings. The molecule has 84 valence electrons. The van der Waals surface area contributed by atoms with Gasteiger partial charge in [0.2, 0.25) is 0 Å². The van der Waals surface area contributed by atoms with Gasteiger partial charge in [-0.05, 0) is 20.3 Å². The summed E-state index contributed by atoms with van der Waals surface area (Å²) >= 11 is 0. The van der Waals surface area contributed by atoms with Crippen LogP contribution in [0.1, 0.15) is 27.2 Å². The molecule has 0 aliphatic carbocycles. The lowest BCUT2D eigenvalue weighted by atomic mass is 10.4. The van der Waals surface area contributed by atoms with Crippen LogP contribution in [0, 0.1) is 0 Å². The fourth-order valence-electron chi connectivity index (χ4n) is 1.03. The highest BCUT2D eigenvalue weighted by molar-refractivity contribution is 5.54. The van der Waals surface area contributed by atoms with Gasteiger partial charge in [-0.2, -0.15) is 0 Å². The van der Waals surface area contributed by atoms with Crippen molar-refractivity contribution in [2.45, 2.75) is 39.5 Å². The largest absolute Gasteiger partial charge is 0.353 e. The summed E-state index contributed by atoms with van der Waals surface area (Å²) in [5.41, 5.74) is 0. The second-order valence-corrected chi connectivity index (χ2v) is 3.40. The Morgan fingerprint density at radius 1 is 1.36 bits per heavy atom. The Hall–Kier alpha value is -0.610. The summed E-state index contributed by atoms with van der Waals surface area (Å²) in [4.78, 5) is 5.86. The van der Waals surface area contributed by atoms with Crippen molar-refractivity contribution in [3.63, 3.8) is 0 Å². The average Bonchev–Trinajstić information content (AvgIpc) is 2.12. The van der Waals surface area contributed by atoms with Crippen LogP contribution in [0.5, 0.6) is 0 Å². The predicted octanol–water partition coefficient (Wildman–Crippen LogP) is 1.71. The van der Waals surface area contributed by atoms with Gasteiger partial charge in [0.25, 0.3) is 0 Å². The minimum atomic E-state index is 0.0393. The second-order valence-electron chi connectivity index (χ2n) is 3.40. The van der Waals surface area contributed by atoms with Crippen molar-refractivity contribution in [1.82, 2.24) is 4.90 Å². The maximum atomic E-state index is 5.53. The highest BCUT2D eigenvalue weighted by Gasteiger charge is 2.09. The van der Waals surface area contributed by atoms with E-state index in [0.717, 1.165) is 6.42 Å². The molecule has 0 heterocycles. The van der Waals surface area contributed by atoms with Gasteiger partial charge < -0.3 is 14.4 Å². The Kier molecular flexibility index (Phi) is 7.42. The van der Waals surface area contributed by atoms with E-state index < -0.39 is 0 Å². The lowest BCUT2D eigenvalue weighted by molar-refractivity contribution is -0.136. The van der Waals surface area contributed by atoms with Gasteiger partial charge in [0, 0.05) is 14.1 Å². The van der Waals surface area contributed by atoms with Crippen LogP contribution in [-0.4, -0.2) is 44.5 Å². The Bertz CT molecular complexity index is 160. The standard InChI is InChI=1S/C10H22N2O2/c1-6-10(12(5)7-11-4)14-8-13-9(2)3/h7,9-10H,6,8H2,1-5H3/b11-7-. The molecule has 0 fully saturated rings. The van der Waals surface area contributed by atoms with E-state index in [-0.39, 0.29) is 12.3 Å². The summed E-state index contributed by atoms with van der Waals surface area (Å²) < 4.78 is 10.8. The van der Waals surface area contributed by atoms with Crippen molar-refractivity contribution in [1.29, 1.82) is 0 Å². The van der Waals surface area contributed by atoms with Crippen LogP contribution in [0.25, 0.3) is 0 Å². The van der Waals surface area contributed by atoms with E-state index in [2.05, 4.69) is 11.9 Å². The SMILES string of the molecule is CCC(OCOC(C)C)N(C)/C=N\C. The van der Waals surface area contributed by atoms with E-state index in [4.69, 9.17) is 9.47 Å². The molecule has 1 unspecified atom stereocenters. The predicted molar refractivity (Wildman–Crippen MR) is 58.4 cm³/mol. The minimum absolute atomic E-state index is 0.0393. The van der Waals surface area contributed by atoms with Gasteiger partial charge in [-0.25, -0.2) is 0 Å². The highest BCUT2D eigenvalue weighted by atomic mass is 16.7. The lowest BCUT2D eigenvalue weighted by Gasteiger charge is -2.25. The molecule has 0 spiro atoms. The van der Waals surface area contributed by atoms with Crippen LogP contribution in [-0.2, 0) is 9.47 Å². The molecule has 4 heteroatoms. The molecule has 0 amide bonds. The Morgan fingerprint density at radius 2 is 2.00 bits per heavy atom. The van der Waals surface area contributed by atoms with Gasteiger partial charge in [-0.15, -0.1) is 0 Å². The monoisotopic (exact) mass is 202 g/mol. The van der Waals surface area contributed by atoms with E-state index >= 15 is 0 Å². The van der Waals surface area contributed by atoms with E-state index in [0.29, 0.717) is 6.79 Å². The molecule has 0 rings (SSSR count). The minimum Gasteiger partial charge on any atom is -0.353 e. The Morgan fingerprint density at radius 3 is 2.43 bits per heavy atom. The molecule has 0 aromatic rings. The Labute approximate surface area is 86.9 Å². The van der Waals surface area contributed by atoms with Crippen molar-refractivity contribution in [3.8, 4) is 0 Å². The summed E-state index contributed by atoms with van der Waals surface area (Å²) in [5.74, 6) is 0. The topological polar surface area (TPSA) is 34.1 Å². The molecule has 1 atom stereocenters. The molecule has 0 aliphatic heterocycles.